The lowest BCUT2D eigenvalue weighted by molar-refractivity contribution is 0.446. The van der Waals surface area contributed by atoms with Crippen molar-refractivity contribution >= 4 is 28.9 Å². The van der Waals surface area contributed by atoms with Crippen molar-refractivity contribution in [3.8, 4) is 10.6 Å². The van der Waals surface area contributed by atoms with E-state index in [0.29, 0.717) is 0 Å². The molecule has 0 radical (unpaired) electrons. The lowest BCUT2D eigenvalue weighted by Crippen LogP contribution is -2.41. The van der Waals surface area contributed by atoms with E-state index in [2.05, 4.69) is 27.2 Å². The van der Waals surface area contributed by atoms with Gasteiger partial charge in [0.2, 0.25) is 0 Å². The van der Waals surface area contributed by atoms with Crippen LogP contribution >= 0.6 is 22.9 Å². The van der Waals surface area contributed by atoms with E-state index in [4.69, 9.17) is 11.6 Å². The predicted octanol–water partition coefficient (Wildman–Crippen LogP) is 3.24. The average molecular weight is 321 g/mol. The molecule has 0 bridgehead atoms. The van der Waals surface area contributed by atoms with Gasteiger partial charge in [-0.3, -0.25) is 4.99 Å². The number of aromatic nitrogens is 1. The molecule has 6 heteroatoms. The highest BCUT2D eigenvalue weighted by atomic mass is 35.5. The van der Waals surface area contributed by atoms with Gasteiger partial charge in [-0.05, 0) is 18.6 Å². The molecule has 110 valence electrons. The number of benzene rings is 1. The monoisotopic (exact) mass is 320 g/mol. The molecule has 0 spiro atoms. The quantitative estimate of drug-likeness (QED) is 0.943. The van der Waals surface area contributed by atoms with Gasteiger partial charge in [-0.2, -0.15) is 0 Å². The molecule has 2 aromatic rings. The van der Waals surface area contributed by atoms with Crippen molar-refractivity contribution in [3.05, 3.63) is 40.4 Å². The number of rotatable bonds is 3. The summed E-state index contributed by atoms with van der Waals surface area (Å²) in [6.45, 7) is 2.73. The van der Waals surface area contributed by atoms with Gasteiger partial charge < -0.3 is 10.2 Å². The Morgan fingerprint density at radius 1 is 1.33 bits per heavy atom. The highest BCUT2D eigenvalue weighted by molar-refractivity contribution is 7.15. The Morgan fingerprint density at radius 2 is 2.14 bits per heavy atom. The Kier molecular flexibility index (Phi) is 4.41. The molecule has 0 saturated heterocycles. The zero-order valence-corrected chi connectivity index (χ0v) is 13.4. The summed E-state index contributed by atoms with van der Waals surface area (Å²) in [6.07, 6.45) is 3.05. The van der Waals surface area contributed by atoms with Crippen molar-refractivity contribution in [1.82, 2.24) is 15.2 Å². The third-order valence-electron chi connectivity index (χ3n) is 3.34. The first kappa shape index (κ1) is 14.4. The molecule has 0 amide bonds. The largest absolute Gasteiger partial charge is 0.351 e. The molecule has 21 heavy (non-hydrogen) atoms. The minimum atomic E-state index is 0.746. The zero-order chi connectivity index (χ0) is 14.7. The number of nitrogens with one attached hydrogen (secondary N) is 1. The molecular formula is C15H17ClN4S. The molecule has 1 aliphatic heterocycles. The maximum atomic E-state index is 5.91. The van der Waals surface area contributed by atoms with Crippen LogP contribution in [-0.4, -0.2) is 36.0 Å². The summed E-state index contributed by atoms with van der Waals surface area (Å²) < 4.78 is 0. The van der Waals surface area contributed by atoms with E-state index in [0.717, 1.165) is 47.6 Å². The van der Waals surface area contributed by atoms with Gasteiger partial charge in [0.05, 0.1) is 6.54 Å². The molecule has 0 unspecified atom stereocenters. The Morgan fingerprint density at radius 3 is 2.90 bits per heavy atom. The normalized spacial score (nSPS) is 15.0. The summed E-state index contributed by atoms with van der Waals surface area (Å²) in [7, 11) is 2.07. The van der Waals surface area contributed by atoms with Crippen LogP contribution in [0.15, 0.2) is 35.5 Å². The van der Waals surface area contributed by atoms with E-state index in [1.165, 1.54) is 4.88 Å². The van der Waals surface area contributed by atoms with E-state index >= 15 is 0 Å². The molecule has 1 aliphatic rings. The van der Waals surface area contributed by atoms with Crippen molar-refractivity contribution in [2.24, 2.45) is 4.99 Å². The molecule has 0 aliphatic carbocycles. The molecule has 1 aromatic carbocycles. The van der Waals surface area contributed by atoms with Crippen LogP contribution in [0.25, 0.3) is 10.6 Å². The second-order valence-corrected chi connectivity index (χ2v) is 6.52. The fraction of sp³-hybridized carbons (Fsp3) is 0.333. The molecule has 3 rings (SSSR count). The second kappa shape index (κ2) is 6.45. The fourth-order valence-corrected chi connectivity index (χ4v) is 3.18. The van der Waals surface area contributed by atoms with E-state index < -0.39 is 0 Å². The van der Waals surface area contributed by atoms with E-state index in [-0.39, 0.29) is 0 Å². The number of nitrogens with zero attached hydrogens (tertiary/aromatic N) is 3. The van der Waals surface area contributed by atoms with Gasteiger partial charge in [0.15, 0.2) is 5.96 Å². The molecule has 1 aromatic heterocycles. The van der Waals surface area contributed by atoms with Gasteiger partial charge in [-0.25, -0.2) is 4.98 Å². The first-order valence-electron chi connectivity index (χ1n) is 6.92. The van der Waals surface area contributed by atoms with Crippen molar-refractivity contribution in [3.63, 3.8) is 0 Å². The average Bonchev–Trinajstić information content (AvgIpc) is 2.96. The predicted molar refractivity (Wildman–Crippen MR) is 88.9 cm³/mol. The fourth-order valence-electron chi connectivity index (χ4n) is 2.19. The lowest BCUT2D eigenvalue weighted by Gasteiger charge is -2.25. The summed E-state index contributed by atoms with van der Waals surface area (Å²) >= 11 is 7.60. The van der Waals surface area contributed by atoms with Crippen LogP contribution in [0, 0.1) is 0 Å². The van der Waals surface area contributed by atoms with Gasteiger partial charge in [-0.1, -0.05) is 23.7 Å². The van der Waals surface area contributed by atoms with Crippen LogP contribution in [0.2, 0.25) is 5.02 Å². The zero-order valence-electron chi connectivity index (χ0n) is 11.8. The number of hydrogen-bond acceptors (Lipinski definition) is 5. The summed E-state index contributed by atoms with van der Waals surface area (Å²) in [5.74, 6) is 0.975. The highest BCUT2D eigenvalue weighted by Gasteiger charge is 2.11. The van der Waals surface area contributed by atoms with Crippen molar-refractivity contribution < 1.29 is 0 Å². The number of guanidine groups is 1. The summed E-state index contributed by atoms with van der Waals surface area (Å²) in [5.41, 5.74) is 1.10. The van der Waals surface area contributed by atoms with Gasteiger partial charge in [-0.15, -0.1) is 11.3 Å². The van der Waals surface area contributed by atoms with Gasteiger partial charge >= 0.3 is 0 Å². The van der Waals surface area contributed by atoms with E-state index in [1.807, 2.05) is 30.5 Å². The van der Waals surface area contributed by atoms with Crippen LogP contribution in [0.4, 0.5) is 0 Å². The molecule has 0 fully saturated rings. The first-order chi connectivity index (χ1) is 10.2. The lowest BCUT2D eigenvalue weighted by atomic mass is 10.2. The minimum Gasteiger partial charge on any atom is -0.351 e. The van der Waals surface area contributed by atoms with Crippen LogP contribution in [-0.2, 0) is 6.54 Å². The molecule has 4 nitrogen and oxygen atoms in total. The van der Waals surface area contributed by atoms with Crippen LogP contribution in [0.3, 0.4) is 0 Å². The topological polar surface area (TPSA) is 40.5 Å². The third-order valence-corrected chi connectivity index (χ3v) is 4.64. The SMILES string of the molecule is CN1CCCN=C1NCc1cnc(-c2ccc(Cl)cc2)s1. The molecule has 2 heterocycles. The Bertz CT molecular complexity index is 635. The smallest absolute Gasteiger partial charge is 0.193 e. The van der Waals surface area contributed by atoms with Crippen molar-refractivity contribution in [2.45, 2.75) is 13.0 Å². The summed E-state index contributed by atoms with van der Waals surface area (Å²) in [6, 6.07) is 7.78. The van der Waals surface area contributed by atoms with Crippen LogP contribution in [0.5, 0.6) is 0 Å². The molecule has 0 atom stereocenters. The number of aliphatic imine (C=N–C) groups is 1. The molecule has 0 saturated carbocycles. The van der Waals surface area contributed by atoms with Crippen molar-refractivity contribution in [2.75, 3.05) is 20.1 Å². The number of thiazole rings is 1. The second-order valence-electron chi connectivity index (χ2n) is 4.97. The Labute approximate surface area is 133 Å². The highest BCUT2D eigenvalue weighted by Crippen LogP contribution is 2.26. The van der Waals surface area contributed by atoms with Gasteiger partial charge in [0, 0.05) is 41.8 Å². The van der Waals surface area contributed by atoms with E-state index in [1.54, 1.807) is 11.3 Å². The summed E-state index contributed by atoms with van der Waals surface area (Å²) in [5, 5.41) is 5.15. The van der Waals surface area contributed by atoms with Crippen LogP contribution < -0.4 is 5.32 Å². The van der Waals surface area contributed by atoms with Crippen LogP contribution in [0.1, 0.15) is 11.3 Å². The molecular weight excluding hydrogens is 304 g/mol. The number of halogens is 1. The van der Waals surface area contributed by atoms with Gasteiger partial charge in [0.1, 0.15) is 5.01 Å². The van der Waals surface area contributed by atoms with Crippen molar-refractivity contribution in [1.29, 1.82) is 0 Å². The molecule has 1 N–H and O–H groups in total. The van der Waals surface area contributed by atoms with Gasteiger partial charge in [0.25, 0.3) is 0 Å². The summed E-state index contributed by atoms with van der Waals surface area (Å²) in [4.78, 5) is 12.3. The minimum absolute atomic E-state index is 0.746. The number of hydrogen-bond donors (Lipinski definition) is 1. The van der Waals surface area contributed by atoms with E-state index in [9.17, 15) is 0 Å². The Balaban J connectivity index is 1.65. The Hall–Kier alpha value is -1.59. The third kappa shape index (κ3) is 3.54. The maximum absolute atomic E-state index is 5.91. The first-order valence-corrected chi connectivity index (χ1v) is 8.12. The standard InChI is InChI=1S/C15H17ClN4S/c1-20-8-2-7-17-15(20)19-10-13-9-18-14(21-13)11-3-5-12(16)6-4-11/h3-6,9H,2,7-8,10H2,1H3,(H,17,19). The maximum Gasteiger partial charge on any atom is 0.193 e.